The molecule has 6 heteroatoms. The van der Waals surface area contributed by atoms with Crippen LogP contribution in [0.2, 0.25) is 0 Å². The molecule has 0 aromatic heterocycles. The van der Waals surface area contributed by atoms with E-state index in [0.717, 1.165) is 5.56 Å². The SMILES string of the molecule is CCC(C)[C@H](NC(=O)NCc1ccccc1OC)C(=O)O. The minimum absolute atomic E-state index is 0.139. The van der Waals surface area contributed by atoms with E-state index >= 15 is 0 Å². The summed E-state index contributed by atoms with van der Waals surface area (Å²) >= 11 is 0. The van der Waals surface area contributed by atoms with Gasteiger partial charge in [0.25, 0.3) is 0 Å². The number of urea groups is 1. The number of nitrogens with one attached hydrogen (secondary N) is 2. The van der Waals surface area contributed by atoms with Crippen LogP contribution in [0.4, 0.5) is 4.79 Å². The lowest BCUT2D eigenvalue weighted by Crippen LogP contribution is -2.48. The van der Waals surface area contributed by atoms with Crippen molar-refractivity contribution in [2.24, 2.45) is 5.92 Å². The van der Waals surface area contributed by atoms with E-state index in [9.17, 15) is 9.59 Å². The van der Waals surface area contributed by atoms with E-state index in [1.54, 1.807) is 20.1 Å². The Bertz CT molecular complexity index is 490. The highest BCUT2D eigenvalue weighted by Gasteiger charge is 2.25. The number of benzene rings is 1. The normalized spacial score (nSPS) is 13.1. The summed E-state index contributed by atoms with van der Waals surface area (Å²) in [5, 5.41) is 14.3. The number of amides is 2. The summed E-state index contributed by atoms with van der Waals surface area (Å²) in [6.45, 7) is 3.94. The van der Waals surface area contributed by atoms with Gasteiger partial charge < -0.3 is 20.5 Å². The van der Waals surface area contributed by atoms with Crippen molar-refractivity contribution >= 4 is 12.0 Å². The predicted octanol–water partition coefficient (Wildman–Crippen LogP) is 1.99. The lowest BCUT2D eigenvalue weighted by Gasteiger charge is -2.20. The number of carbonyl (C=O) groups excluding carboxylic acids is 1. The number of carboxylic acid groups (broad SMARTS) is 1. The minimum Gasteiger partial charge on any atom is -0.496 e. The van der Waals surface area contributed by atoms with E-state index in [-0.39, 0.29) is 12.5 Å². The lowest BCUT2D eigenvalue weighted by molar-refractivity contribution is -0.140. The van der Waals surface area contributed by atoms with Gasteiger partial charge in [0, 0.05) is 12.1 Å². The van der Waals surface area contributed by atoms with Crippen molar-refractivity contribution in [3.05, 3.63) is 29.8 Å². The van der Waals surface area contributed by atoms with Gasteiger partial charge in [0.05, 0.1) is 7.11 Å². The van der Waals surface area contributed by atoms with Crippen LogP contribution < -0.4 is 15.4 Å². The number of methoxy groups -OCH3 is 1. The number of carbonyl (C=O) groups is 2. The summed E-state index contributed by atoms with van der Waals surface area (Å²) in [5.74, 6) is -0.495. The van der Waals surface area contributed by atoms with Crippen molar-refractivity contribution in [1.29, 1.82) is 0 Å². The number of carboxylic acids is 1. The van der Waals surface area contributed by atoms with E-state index in [0.29, 0.717) is 12.2 Å². The molecule has 0 aliphatic carbocycles. The fraction of sp³-hybridized carbons (Fsp3) is 0.467. The molecule has 0 radical (unpaired) electrons. The van der Waals surface area contributed by atoms with Gasteiger partial charge in [-0.1, -0.05) is 38.5 Å². The molecule has 0 saturated heterocycles. The summed E-state index contributed by atoms with van der Waals surface area (Å²) in [6.07, 6.45) is 0.670. The molecule has 0 saturated carbocycles. The molecule has 6 nitrogen and oxygen atoms in total. The maximum atomic E-state index is 11.8. The molecule has 2 atom stereocenters. The second-order valence-electron chi connectivity index (χ2n) is 4.84. The number of aliphatic carboxylic acids is 1. The zero-order valence-corrected chi connectivity index (χ0v) is 12.6. The van der Waals surface area contributed by atoms with E-state index in [4.69, 9.17) is 9.84 Å². The summed E-state index contributed by atoms with van der Waals surface area (Å²) in [5.41, 5.74) is 0.825. The van der Waals surface area contributed by atoms with Gasteiger partial charge in [-0.3, -0.25) is 0 Å². The van der Waals surface area contributed by atoms with Gasteiger partial charge in [0.15, 0.2) is 0 Å². The molecule has 21 heavy (non-hydrogen) atoms. The highest BCUT2D eigenvalue weighted by atomic mass is 16.5. The van der Waals surface area contributed by atoms with Crippen LogP contribution in [0.15, 0.2) is 24.3 Å². The van der Waals surface area contributed by atoms with E-state index in [1.165, 1.54) is 0 Å². The zero-order chi connectivity index (χ0) is 15.8. The van der Waals surface area contributed by atoms with E-state index < -0.39 is 18.0 Å². The smallest absolute Gasteiger partial charge is 0.326 e. The van der Waals surface area contributed by atoms with Crippen LogP contribution in [0.5, 0.6) is 5.75 Å². The molecular weight excluding hydrogens is 272 g/mol. The Labute approximate surface area is 124 Å². The number of ether oxygens (including phenoxy) is 1. The molecule has 0 aliphatic heterocycles. The summed E-state index contributed by atoms with van der Waals surface area (Å²) in [4.78, 5) is 23.0. The molecule has 116 valence electrons. The zero-order valence-electron chi connectivity index (χ0n) is 12.6. The third-order valence-electron chi connectivity index (χ3n) is 3.40. The van der Waals surface area contributed by atoms with Crippen molar-refractivity contribution in [1.82, 2.24) is 10.6 Å². The maximum absolute atomic E-state index is 11.8. The van der Waals surface area contributed by atoms with Gasteiger partial charge in [-0.2, -0.15) is 0 Å². The molecule has 3 N–H and O–H groups in total. The molecule has 1 aromatic carbocycles. The highest BCUT2D eigenvalue weighted by Crippen LogP contribution is 2.16. The Morgan fingerprint density at radius 3 is 2.57 bits per heavy atom. The molecule has 1 unspecified atom stereocenters. The first-order chi connectivity index (χ1) is 9.99. The molecule has 0 bridgehead atoms. The lowest BCUT2D eigenvalue weighted by atomic mass is 9.99. The molecule has 2 amide bonds. The number of rotatable bonds is 7. The molecule has 0 aliphatic rings. The fourth-order valence-electron chi connectivity index (χ4n) is 1.90. The third kappa shape index (κ3) is 4.98. The molecule has 0 spiro atoms. The van der Waals surface area contributed by atoms with Crippen LogP contribution in [0.3, 0.4) is 0 Å². The van der Waals surface area contributed by atoms with Crippen LogP contribution in [-0.4, -0.2) is 30.3 Å². The van der Waals surface area contributed by atoms with E-state index in [2.05, 4.69) is 10.6 Å². The Morgan fingerprint density at radius 1 is 1.33 bits per heavy atom. The monoisotopic (exact) mass is 294 g/mol. The molecular formula is C15H22N2O4. The Balaban J connectivity index is 2.59. The average Bonchev–Trinajstić information content (AvgIpc) is 2.49. The van der Waals surface area contributed by atoms with Gasteiger partial charge in [0.2, 0.25) is 0 Å². The fourth-order valence-corrected chi connectivity index (χ4v) is 1.90. The molecule has 1 aromatic rings. The van der Waals surface area contributed by atoms with Crippen molar-refractivity contribution in [3.63, 3.8) is 0 Å². The largest absolute Gasteiger partial charge is 0.496 e. The van der Waals surface area contributed by atoms with Gasteiger partial charge in [-0.05, 0) is 12.0 Å². The Morgan fingerprint density at radius 2 is 2.00 bits per heavy atom. The third-order valence-corrected chi connectivity index (χ3v) is 3.40. The first-order valence-corrected chi connectivity index (χ1v) is 6.88. The average molecular weight is 294 g/mol. The molecule has 0 heterocycles. The summed E-state index contributed by atoms with van der Waals surface area (Å²) in [7, 11) is 1.56. The Hall–Kier alpha value is -2.24. The summed E-state index contributed by atoms with van der Waals surface area (Å²) < 4.78 is 5.19. The second-order valence-corrected chi connectivity index (χ2v) is 4.84. The summed E-state index contributed by atoms with van der Waals surface area (Å²) in [6, 6.07) is 5.92. The van der Waals surface area contributed by atoms with Crippen LogP contribution >= 0.6 is 0 Å². The van der Waals surface area contributed by atoms with Gasteiger partial charge in [-0.25, -0.2) is 9.59 Å². The van der Waals surface area contributed by atoms with Gasteiger partial charge in [-0.15, -0.1) is 0 Å². The van der Waals surface area contributed by atoms with Crippen LogP contribution in [0.25, 0.3) is 0 Å². The quantitative estimate of drug-likeness (QED) is 0.717. The standard InChI is InChI=1S/C15H22N2O4/c1-4-10(2)13(14(18)19)17-15(20)16-9-11-7-5-6-8-12(11)21-3/h5-8,10,13H,4,9H2,1-3H3,(H,18,19)(H2,16,17,20)/t10?,13-/m0/s1. The molecule has 1 rings (SSSR count). The second kappa shape index (κ2) is 8.14. The van der Waals surface area contributed by atoms with Crippen molar-refractivity contribution in [2.45, 2.75) is 32.9 Å². The number of hydrogen-bond acceptors (Lipinski definition) is 3. The van der Waals surface area contributed by atoms with Crippen molar-refractivity contribution < 1.29 is 19.4 Å². The Kier molecular flexibility index (Phi) is 6.52. The van der Waals surface area contributed by atoms with Crippen molar-refractivity contribution in [2.75, 3.05) is 7.11 Å². The first kappa shape index (κ1) is 16.8. The first-order valence-electron chi connectivity index (χ1n) is 6.88. The predicted molar refractivity (Wildman–Crippen MR) is 79.2 cm³/mol. The minimum atomic E-state index is -1.03. The molecule has 0 fully saturated rings. The van der Waals surface area contributed by atoms with Crippen LogP contribution in [0.1, 0.15) is 25.8 Å². The number of para-hydroxylation sites is 1. The van der Waals surface area contributed by atoms with Crippen molar-refractivity contribution in [3.8, 4) is 5.75 Å². The van der Waals surface area contributed by atoms with Gasteiger partial charge in [0.1, 0.15) is 11.8 Å². The highest BCUT2D eigenvalue weighted by molar-refractivity contribution is 5.82. The topological polar surface area (TPSA) is 87.7 Å². The van der Waals surface area contributed by atoms with E-state index in [1.807, 2.05) is 25.1 Å². The van der Waals surface area contributed by atoms with Crippen LogP contribution in [0, 0.1) is 5.92 Å². The van der Waals surface area contributed by atoms with Crippen LogP contribution in [-0.2, 0) is 11.3 Å². The number of hydrogen-bond donors (Lipinski definition) is 3. The maximum Gasteiger partial charge on any atom is 0.326 e. The van der Waals surface area contributed by atoms with Gasteiger partial charge >= 0.3 is 12.0 Å².